The highest BCUT2D eigenvalue weighted by Crippen LogP contribution is 2.34. The Labute approximate surface area is 198 Å². The Morgan fingerprint density at radius 1 is 0.971 bits per heavy atom. The average Bonchev–Trinajstić information content (AvgIpc) is 3.34. The highest BCUT2D eigenvalue weighted by molar-refractivity contribution is 5.99. The van der Waals surface area contributed by atoms with Crippen LogP contribution in [0.2, 0.25) is 0 Å². The number of nitrogens with one attached hydrogen (secondary N) is 1. The molecule has 1 N–H and O–H groups in total. The zero-order valence-corrected chi connectivity index (χ0v) is 19.5. The van der Waals surface area contributed by atoms with Crippen molar-refractivity contribution in [3.8, 4) is 28.3 Å². The Morgan fingerprint density at radius 2 is 1.68 bits per heavy atom. The summed E-state index contributed by atoms with van der Waals surface area (Å²) in [5.41, 5.74) is 2.61. The molecule has 2 heterocycles. The molecule has 178 valence electrons. The molecule has 0 radical (unpaired) electrons. The van der Waals surface area contributed by atoms with Crippen molar-refractivity contribution in [3.63, 3.8) is 0 Å². The second kappa shape index (κ2) is 10.3. The van der Waals surface area contributed by atoms with Crippen molar-refractivity contribution in [1.29, 1.82) is 0 Å². The molecule has 1 aliphatic heterocycles. The fraction of sp³-hybridized carbons (Fsp3) is 0.320. The lowest BCUT2D eigenvalue weighted by Crippen LogP contribution is -2.46. The van der Waals surface area contributed by atoms with Crippen LogP contribution in [0.3, 0.4) is 0 Å². The summed E-state index contributed by atoms with van der Waals surface area (Å²) < 4.78 is 17.3. The summed E-state index contributed by atoms with van der Waals surface area (Å²) in [5, 5.41) is 7.71. The van der Waals surface area contributed by atoms with Crippen LogP contribution in [0, 0.1) is 0 Å². The monoisotopic (exact) mass is 464 g/mol. The van der Waals surface area contributed by atoms with E-state index >= 15 is 0 Å². The molecule has 34 heavy (non-hydrogen) atoms. The van der Waals surface area contributed by atoms with Crippen LogP contribution in [0.4, 0.5) is 4.79 Å². The lowest BCUT2D eigenvalue weighted by molar-refractivity contribution is 0.0888. The Morgan fingerprint density at radius 3 is 2.32 bits per heavy atom. The van der Waals surface area contributed by atoms with Gasteiger partial charge in [-0.1, -0.05) is 24.3 Å². The van der Waals surface area contributed by atoms with Crippen LogP contribution in [0.15, 0.2) is 54.7 Å². The van der Waals surface area contributed by atoms with Gasteiger partial charge in [0.15, 0.2) is 17.2 Å². The topological polar surface area (TPSA) is 94.9 Å². The van der Waals surface area contributed by atoms with Gasteiger partial charge in [0.1, 0.15) is 0 Å². The number of hydrogen-bond acceptors (Lipinski definition) is 6. The first-order valence-corrected chi connectivity index (χ1v) is 11.0. The van der Waals surface area contributed by atoms with E-state index in [0.717, 1.165) is 11.3 Å². The third-order valence-corrected chi connectivity index (χ3v) is 5.91. The third kappa shape index (κ3) is 4.83. The van der Waals surface area contributed by atoms with Gasteiger partial charge in [-0.05, 0) is 42.7 Å². The number of carbonyl (C=O) groups excluding carboxylic acids is 2. The summed E-state index contributed by atoms with van der Waals surface area (Å²) in [6.45, 7) is 1.05. The summed E-state index contributed by atoms with van der Waals surface area (Å²) in [6, 6.07) is 15.1. The largest absolute Gasteiger partial charge is 0.493 e. The first-order valence-electron chi connectivity index (χ1n) is 11.0. The van der Waals surface area contributed by atoms with E-state index in [4.69, 9.17) is 14.2 Å². The van der Waals surface area contributed by atoms with Crippen molar-refractivity contribution in [2.75, 3.05) is 34.4 Å². The van der Waals surface area contributed by atoms with Crippen molar-refractivity contribution in [3.05, 3.63) is 60.4 Å². The van der Waals surface area contributed by atoms with E-state index in [1.54, 1.807) is 29.9 Å². The number of ether oxygens (including phenoxy) is 3. The number of amides is 2. The Balaban J connectivity index is 1.63. The van der Waals surface area contributed by atoms with Gasteiger partial charge < -0.3 is 24.4 Å². The fourth-order valence-corrected chi connectivity index (χ4v) is 4.06. The number of piperidine rings is 1. The Kier molecular flexibility index (Phi) is 7.01. The molecule has 3 aromatic rings. The van der Waals surface area contributed by atoms with Gasteiger partial charge in [-0.2, -0.15) is 5.10 Å². The molecule has 0 atom stereocenters. The van der Waals surface area contributed by atoms with E-state index in [1.165, 1.54) is 7.11 Å². The van der Waals surface area contributed by atoms with E-state index in [2.05, 4.69) is 10.4 Å². The molecular formula is C25H28N4O5. The number of hydrogen-bond donors (Lipinski definition) is 1. The SMILES string of the molecule is COC(=O)N1CCC(NC(=O)c2nn(-c3ccccc3)cc2-c2ccc(OC)c(OC)c2)CC1. The van der Waals surface area contributed by atoms with Gasteiger partial charge in [-0.25, -0.2) is 9.48 Å². The van der Waals surface area contributed by atoms with E-state index in [1.807, 2.05) is 48.7 Å². The molecule has 1 aromatic heterocycles. The van der Waals surface area contributed by atoms with Crippen molar-refractivity contribution in [1.82, 2.24) is 20.0 Å². The van der Waals surface area contributed by atoms with Crippen LogP contribution in [0.5, 0.6) is 11.5 Å². The van der Waals surface area contributed by atoms with Gasteiger partial charge in [0.2, 0.25) is 0 Å². The number of nitrogens with zero attached hydrogens (tertiary/aromatic N) is 3. The average molecular weight is 465 g/mol. The zero-order valence-electron chi connectivity index (χ0n) is 19.5. The molecule has 1 aliphatic rings. The summed E-state index contributed by atoms with van der Waals surface area (Å²) in [7, 11) is 4.52. The van der Waals surface area contributed by atoms with Gasteiger partial charge in [0, 0.05) is 30.9 Å². The highest BCUT2D eigenvalue weighted by atomic mass is 16.5. The number of benzene rings is 2. The summed E-state index contributed by atoms with van der Waals surface area (Å²) >= 11 is 0. The third-order valence-electron chi connectivity index (χ3n) is 5.91. The first-order chi connectivity index (χ1) is 16.5. The van der Waals surface area contributed by atoms with Gasteiger partial charge in [0.25, 0.3) is 5.91 Å². The Bertz CT molecular complexity index is 1150. The standard InChI is InChI=1S/C25H28N4O5/c1-32-21-10-9-17(15-22(21)33-2)20-16-29(19-7-5-4-6-8-19)27-23(20)24(30)26-18-11-13-28(14-12-18)25(31)34-3/h4-10,15-16,18H,11-14H2,1-3H3,(H,26,30). The normalized spacial score (nSPS) is 13.9. The van der Waals surface area contributed by atoms with Gasteiger partial charge in [-0.15, -0.1) is 0 Å². The predicted molar refractivity (Wildman–Crippen MR) is 127 cm³/mol. The van der Waals surface area contributed by atoms with Crippen LogP contribution < -0.4 is 14.8 Å². The maximum absolute atomic E-state index is 13.4. The molecule has 4 rings (SSSR count). The lowest BCUT2D eigenvalue weighted by atomic mass is 10.0. The molecule has 9 heteroatoms. The van der Waals surface area contributed by atoms with Crippen LogP contribution >= 0.6 is 0 Å². The van der Waals surface area contributed by atoms with Gasteiger partial charge in [0.05, 0.1) is 27.0 Å². The number of para-hydroxylation sites is 1. The summed E-state index contributed by atoms with van der Waals surface area (Å²) in [5.74, 6) is 0.898. The molecule has 0 spiro atoms. The van der Waals surface area contributed by atoms with E-state index < -0.39 is 0 Å². The minimum absolute atomic E-state index is 0.0615. The van der Waals surface area contributed by atoms with E-state index in [-0.39, 0.29) is 18.0 Å². The summed E-state index contributed by atoms with van der Waals surface area (Å²) in [6.07, 6.45) is 2.78. The van der Waals surface area contributed by atoms with E-state index in [9.17, 15) is 9.59 Å². The molecule has 2 amide bonds. The molecule has 1 saturated heterocycles. The van der Waals surface area contributed by atoms with Crippen LogP contribution in [0.25, 0.3) is 16.8 Å². The minimum Gasteiger partial charge on any atom is -0.493 e. The molecule has 0 unspecified atom stereocenters. The quantitative estimate of drug-likeness (QED) is 0.600. The molecule has 0 aliphatic carbocycles. The van der Waals surface area contributed by atoms with Gasteiger partial charge in [-0.3, -0.25) is 4.79 Å². The van der Waals surface area contributed by atoms with Crippen LogP contribution in [-0.4, -0.2) is 67.1 Å². The fourth-order valence-electron chi connectivity index (χ4n) is 4.06. The molecule has 9 nitrogen and oxygen atoms in total. The van der Waals surface area contributed by atoms with Crippen LogP contribution in [-0.2, 0) is 4.74 Å². The summed E-state index contributed by atoms with van der Waals surface area (Å²) in [4.78, 5) is 26.7. The number of aromatic nitrogens is 2. The van der Waals surface area contributed by atoms with Crippen LogP contribution in [0.1, 0.15) is 23.3 Å². The van der Waals surface area contributed by atoms with Crippen molar-refractivity contribution >= 4 is 12.0 Å². The molecular weight excluding hydrogens is 436 g/mol. The number of methoxy groups -OCH3 is 3. The Hall–Kier alpha value is -4.01. The lowest BCUT2D eigenvalue weighted by Gasteiger charge is -2.31. The van der Waals surface area contributed by atoms with Gasteiger partial charge >= 0.3 is 6.09 Å². The van der Waals surface area contributed by atoms with E-state index in [0.29, 0.717) is 48.7 Å². The smallest absolute Gasteiger partial charge is 0.409 e. The highest BCUT2D eigenvalue weighted by Gasteiger charge is 2.27. The zero-order chi connectivity index (χ0) is 24.1. The molecule has 0 bridgehead atoms. The maximum atomic E-state index is 13.4. The van der Waals surface area contributed by atoms with Crippen molar-refractivity contribution in [2.24, 2.45) is 0 Å². The second-order valence-electron chi connectivity index (χ2n) is 7.95. The molecule has 0 saturated carbocycles. The predicted octanol–water partition coefficient (Wildman–Crippen LogP) is 3.52. The second-order valence-corrected chi connectivity index (χ2v) is 7.95. The molecule has 2 aromatic carbocycles. The number of likely N-dealkylation sites (tertiary alicyclic amines) is 1. The van der Waals surface area contributed by atoms with Crippen molar-refractivity contribution < 1.29 is 23.8 Å². The number of carbonyl (C=O) groups is 2. The minimum atomic E-state index is -0.345. The first kappa shape index (κ1) is 23.2. The van der Waals surface area contributed by atoms with Crippen molar-refractivity contribution in [2.45, 2.75) is 18.9 Å². The maximum Gasteiger partial charge on any atom is 0.409 e. The number of rotatable bonds is 6. The molecule has 1 fully saturated rings.